The highest BCUT2D eigenvalue weighted by Gasteiger charge is 2.13. The van der Waals surface area contributed by atoms with Crippen LogP contribution in [0.25, 0.3) is 10.2 Å². The van der Waals surface area contributed by atoms with Crippen molar-refractivity contribution in [3.05, 3.63) is 52.4 Å². The van der Waals surface area contributed by atoms with Gasteiger partial charge in [0, 0.05) is 4.90 Å². The van der Waals surface area contributed by atoms with Crippen LogP contribution in [0.15, 0.2) is 51.7 Å². The Morgan fingerprint density at radius 3 is 2.92 bits per heavy atom. The summed E-state index contributed by atoms with van der Waals surface area (Å²) in [7, 11) is 0. The third-order valence-electron chi connectivity index (χ3n) is 3.14. The molecule has 2 heterocycles. The molecule has 9 heteroatoms. The number of halogens is 2. The predicted octanol–water partition coefficient (Wildman–Crippen LogP) is 3.41. The number of aromatic nitrogens is 2. The van der Waals surface area contributed by atoms with Crippen molar-refractivity contribution in [1.82, 2.24) is 9.55 Å². The number of thioether (sulfide) groups is 1. The number of alkyl halides is 2. The van der Waals surface area contributed by atoms with Crippen LogP contribution in [0, 0.1) is 0 Å². The van der Waals surface area contributed by atoms with Crippen LogP contribution in [-0.4, -0.2) is 21.2 Å². The summed E-state index contributed by atoms with van der Waals surface area (Å²) in [5.74, 6) is -3.08. The van der Waals surface area contributed by atoms with Crippen molar-refractivity contribution >= 4 is 44.9 Å². The van der Waals surface area contributed by atoms with E-state index < -0.39 is 11.7 Å². The molecule has 2 aromatic heterocycles. The average Bonchev–Trinajstić information content (AvgIpc) is 3.01. The van der Waals surface area contributed by atoms with Crippen molar-refractivity contribution in [3.8, 4) is 0 Å². The summed E-state index contributed by atoms with van der Waals surface area (Å²) >= 11 is 1.69. The largest absolute Gasteiger partial charge is 0.324 e. The van der Waals surface area contributed by atoms with E-state index in [2.05, 4.69) is 10.3 Å². The number of hydrogen-bond acceptors (Lipinski definition) is 5. The van der Waals surface area contributed by atoms with E-state index >= 15 is 0 Å². The van der Waals surface area contributed by atoms with Crippen molar-refractivity contribution in [2.75, 3.05) is 5.32 Å². The minimum atomic E-state index is -2.59. The number of nitrogens with one attached hydrogen (secondary N) is 1. The molecule has 124 valence electrons. The molecule has 0 fully saturated rings. The zero-order valence-electron chi connectivity index (χ0n) is 12.1. The zero-order chi connectivity index (χ0) is 17.1. The van der Waals surface area contributed by atoms with Crippen molar-refractivity contribution < 1.29 is 13.6 Å². The zero-order valence-corrected chi connectivity index (χ0v) is 13.7. The van der Waals surface area contributed by atoms with Gasteiger partial charge in [-0.25, -0.2) is 4.98 Å². The highest BCUT2D eigenvalue weighted by Crippen LogP contribution is 2.31. The molecule has 0 aliphatic rings. The van der Waals surface area contributed by atoms with Crippen molar-refractivity contribution in [3.63, 3.8) is 0 Å². The number of amides is 1. The van der Waals surface area contributed by atoms with Gasteiger partial charge in [0.15, 0.2) is 0 Å². The van der Waals surface area contributed by atoms with E-state index in [-0.39, 0.29) is 22.7 Å². The monoisotopic (exact) mass is 367 g/mol. The minimum Gasteiger partial charge on any atom is -0.324 e. The van der Waals surface area contributed by atoms with Crippen molar-refractivity contribution in [2.24, 2.45) is 0 Å². The maximum atomic E-state index is 12.6. The van der Waals surface area contributed by atoms with Gasteiger partial charge in [0.25, 0.3) is 11.3 Å². The first-order chi connectivity index (χ1) is 11.5. The van der Waals surface area contributed by atoms with Crippen LogP contribution in [0.1, 0.15) is 0 Å². The number of carbonyl (C=O) groups excluding carboxylic acids is 1. The Morgan fingerprint density at radius 2 is 2.12 bits per heavy atom. The second-order valence-corrected chi connectivity index (χ2v) is 6.67. The summed E-state index contributed by atoms with van der Waals surface area (Å²) in [5.41, 5.74) is -0.0305. The van der Waals surface area contributed by atoms with Gasteiger partial charge in [-0.3, -0.25) is 14.2 Å². The first-order valence-electron chi connectivity index (χ1n) is 6.81. The molecule has 0 spiro atoms. The van der Waals surface area contributed by atoms with Gasteiger partial charge < -0.3 is 5.32 Å². The topological polar surface area (TPSA) is 64.0 Å². The van der Waals surface area contributed by atoms with E-state index in [1.807, 2.05) is 0 Å². The lowest BCUT2D eigenvalue weighted by Crippen LogP contribution is -2.27. The van der Waals surface area contributed by atoms with Gasteiger partial charge in [-0.2, -0.15) is 8.78 Å². The van der Waals surface area contributed by atoms with Gasteiger partial charge in [-0.05, 0) is 23.6 Å². The molecule has 0 aliphatic carbocycles. The molecule has 3 aromatic rings. The van der Waals surface area contributed by atoms with E-state index in [9.17, 15) is 18.4 Å². The fourth-order valence-corrected chi connectivity index (χ4v) is 3.44. The van der Waals surface area contributed by atoms with Crippen LogP contribution in [0.5, 0.6) is 0 Å². The van der Waals surface area contributed by atoms with E-state index in [1.165, 1.54) is 34.4 Å². The predicted molar refractivity (Wildman–Crippen MR) is 90.8 cm³/mol. The summed E-state index contributed by atoms with van der Waals surface area (Å²) in [6.07, 6.45) is 1.31. The summed E-state index contributed by atoms with van der Waals surface area (Å²) in [4.78, 5) is 29.4. The molecule has 0 aliphatic heterocycles. The van der Waals surface area contributed by atoms with E-state index in [0.717, 1.165) is 0 Å². The number of para-hydroxylation sites is 1. The highest BCUT2D eigenvalue weighted by molar-refractivity contribution is 7.99. The average molecular weight is 367 g/mol. The molecule has 1 amide bonds. The van der Waals surface area contributed by atoms with Crippen LogP contribution in [-0.2, 0) is 11.3 Å². The first-order valence-corrected chi connectivity index (χ1v) is 8.57. The Morgan fingerprint density at radius 1 is 1.33 bits per heavy atom. The van der Waals surface area contributed by atoms with E-state index in [0.29, 0.717) is 22.0 Å². The number of anilines is 1. The number of benzene rings is 1. The second kappa shape index (κ2) is 7.10. The molecular formula is C15H11F2N3O2S2. The SMILES string of the molecule is O=C(Cn1cnc2sccc2c1=O)Nc1ccccc1SC(F)F. The number of fused-ring (bicyclic) bond motifs is 1. The number of rotatable bonds is 5. The quantitative estimate of drug-likeness (QED) is 0.702. The third kappa shape index (κ3) is 3.62. The normalized spacial score (nSPS) is 11.1. The highest BCUT2D eigenvalue weighted by atomic mass is 32.2. The Kier molecular flexibility index (Phi) is 4.91. The van der Waals surface area contributed by atoms with Crippen LogP contribution >= 0.6 is 23.1 Å². The number of nitrogens with zero attached hydrogens (tertiary/aromatic N) is 2. The van der Waals surface area contributed by atoms with Gasteiger partial charge >= 0.3 is 0 Å². The molecule has 0 saturated carbocycles. The van der Waals surface area contributed by atoms with Gasteiger partial charge in [-0.1, -0.05) is 23.9 Å². The number of thiophene rings is 1. The molecule has 1 aromatic carbocycles. The third-order valence-corrected chi connectivity index (χ3v) is 4.75. The van der Waals surface area contributed by atoms with Crippen LogP contribution in [0.3, 0.4) is 0 Å². The summed E-state index contributed by atoms with van der Waals surface area (Å²) in [5, 5.41) is 4.75. The van der Waals surface area contributed by atoms with Crippen LogP contribution in [0.4, 0.5) is 14.5 Å². The van der Waals surface area contributed by atoms with Gasteiger partial charge in [-0.15, -0.1) is 11.3 Å². The Labute approximate surface area is 143 Å². The van der Waals surface area contributed by atoms with E-state index in [1.54, 1.807) is 23.6 Å². The fraction of sp³-hybridized carbons (Fsp3) is 0.133. The second-order valence-electron chi connectivity index (χ2n) is 4.74. The minimum absolute atomic E-state index is 0.245. The van der Waals surface area contributed by atoms with Crippen LogP contribution < -0.4 is 10.9 Å². The molecule has 0 bridgehead atoms. The summed E-state index contributed by atoms with van der Waals surface area (Å²) in [6, 6.07) is 7.93. The van der Waals surface area contributed by atoms with Crippen molar-refractivity contribution in [2.45, 2.75) is 17.2 Å². The molecule has 0 saturated heterocycles. The summed E-state index contributed by atoms with van der Waals surface area (Å²) in [6.45, 7) is -0.245. The molecule has 0 atom stereocenters. The van der Waals surface area contributed by atoms with Crippen molar-refractivity contribution in [1.29, 1.82) is 0 Å². The van der Waals surface area contributed by atoms with Gasteiger partial charge in [0.1, 0.15) is 11.4 Å². The van der Waals surface area contributed by atoms with Gasteiger partial charge in [0.2, 0.25) is 5.91 Å². The lowest BCUT2D eigenvalue weighted by molar-refractivity contribution is -0.116. The molecule has 3 rings (SSSR count). The molecule has 24 heavy (non-hydrogen) atoms. The molecule has 0 radical (unpaired) electrons. The molecule has 5 nitrogen and oxygen atoms in total. The Bertz CT molecular complexity index is 940. The lowest BCUT2D eigenvalue weighted by Gasteiger charge is -2.11. The molecular weight excluding hydrogens is 356 g/mol. The van der Waals surface area contributed by atoms with E-state index in [4.69, 9.17) is 0 Å². The lowest BCUT2D eigenvalue weighted by atomic mass is 10.3. The summed E-state index contributed by atoms with van der Waals surface area (Å²) < 4.78 is 26.3. The van der Waals surface area contributed by atoms with Crippen LogP contribution in [0.2, 0.25) is 0 Å². The number of carbonyl (C=O) groups is 1. The Hall–Kier alpha value is -2.26. The van der Waals surface area contributed by atoms with Gasteiger partial charge in [0.05, 0.1) is 17.4 Å². The number of hydrogen-bond donors (Lipinski definition) is 1. The first kappa shape index (κ1) is 16.6. The fourth-order valence-electron chi connectivity index (χ4n) is 2.12. The Balaban J connectivity index is 1.78. The molecule has 0 unspecified atom stereocenters. The maximum absolute atomic E-state index is 12.6. The smallest absolute Gasteiger partial charge is 0.288 e. The standard InChI is InChI=1S/C15H11F2N3O2S2/c16-15(17)24-11-4-2-1-3-10(11)19-12(21)7-20-8-18-13-9(14(20)22)5-6-23-13/h1-6,8,15H,7H2,(H,19,21). The maximum Gasteiger partial charge on any atom is 0.288 e. The molecule has 1 N–H and O–H groups in total.